The van der Waals surface area contributed by atoms with E-state index in [0.29, 0.717) is 18.4 Å². The molecule has 1 fully saturated rings. The molecule has 3 rings (SSSR count). The SMILES string of the molecule is CN(C(=O)Cc1cn(C)c2ccccc12)C1CCC(CO)CC1. The van der Waals surface area contributed by atoms with Gasteiger partial charge in [-0.15, -0.1) is 0 Å². The highest BCUT2D eigenvalue weighted by Gasteiger charge is 2.26. The average Bonchev–Trinajstić information content (AvgIpc) is 2.90. The number of para-hydroxylation sites is 1. The minimum absolute atomic E-state index is 0.189. The molecule has 2 aromatic rings. The zero-order chi connectivity index (χ0) is 16.4. The average molecular weight is 314 g/mol. The predicted molar refractivity (Wildman–Crippen MR) is 92.2 cm³/mol. The van der Waals surface area contributed by atoms with E-state index in [2.05, 4.69) is 22.9 Å². The second-order valence-corrected chi connectivity index (χ2v) is 6.82. The quantitative estimate of drug-likeness (QED) is 0.943. The van der Waals surface area contributed by atoms with Crippen LogP contribution in [0, 0.1) is 5.92 Å². The van der Waals surface area contributed by atoms with Crippen LogP contribution in [0.4, 0.5) is 0 Å². The van der Waals surface area contributed by atoms with E-state index < -0.39 is 0 Å². The molecule has 23 heavy (non-hydrogen) atoms. The number of carbonyl (C=O) groups is 1. The molecule has 1 amide bonds. The van der Waals surface area contributed by atoms with E-state index in [9.17, 15) is 9.90 Å². The molecule has 1 aliphatic carbocycles. The van der Waals surface area contributed by atoms with E-state index >= 15 is 0 Å². The lowest BCUT2D eigenvalue weighted by Crippen LogP contribution is -2.40. The van der Waals surface area contributed by atoms with Gasteiger partial charge in [0.25, 0.3) is 0 Å². The van der Waals surface area contributed by atoms with Crippen molar-refractivity contribution in [3.05, 3.63) is 36.0 Å². The van der Waals surface area contributed by atoms with Gasteiger partial charge in [0.15, 0.2) is 0 Å². The van der Waals surface area contributed by atoms with Crippen molar-refractivity contribution in [1.82, 2.24) is 9.47 Å². The maximum absolute atomic E-state index is 12.7. The summed E-state index contributed by atoms with van der Waals surface area (Å²) < 4.78 is 2.09. The third kappa shape index (κ3) is 3.27. The minimum atomic E-state index is 0.189. The van der Waals surface area contributed by atoms with Gasteiger partial charge in [0.1, 0.15) is 0 Å². The fourth-order valence-corrected chi connectivity index (χ4v) is 3.77. The van der Waals surface area contributed by atoms with Gasteiger partial charge < -0.3 is 14.6 Å². The summed E-state index contributed by atoms with van der Waals surface area (Å²) >= 11 is 0. The number of aliphatic hydroxyl groups is 1. The van der Waals surface area contributed by atoms with E-state index in [4.69, 9.17) is 0 Å². The molecule has 1 N–H and O–H groups in total. The van der Waals surface area contributed by atoms with Crippen LogP contribution in [0.1, 0.15) is 31.2 Å². The molecule has 1 aliphatic rings. The standard InChI is InChI=1S/C19H26N2O2/c1-20-12-15(17-5-3-4-6-18(17)20)11-19(23)21(2)16-9-7-14(13-22)8-10-16/h3-6,12,14,16,22H,7-11,13H2,1-2H3. The highest BCUT2D eigenvalue weighted by molar-refractivity contribution is 5.89. The van der Waals surface area contributed by atoms with Crippen molar-refractivity contribution in [1.29, 1.82) is 0 Å². The summed E-state index contributed by atoms with van der Waals surface area (Å²) in [6, 6.07) is 8.55. The van der Waals surface area contributed by atoms with Gasteiger partial charge >= 0.3 is 0 Å². The number of aliphatic hydroxyl groups excluding tert-OH is 1. The van der Waals surface area contributed by atoms with E-state index in [1.807, 2.05) is 31.1 Å². The van der Waals surface area contributed by atoms with Crippen molar-refractivity contribution >= 4 is 16.8 Å². The minimum Gasteiger partial charge on any atom is -0.396 e. The molecule has 1 aromatic heterocycles. The van der Waals surface area contributed by atoms with Crippen LogP contribution in [-0.4, -0.2) is 40.2 Å². The number of fused-ring (bicyclic) bond motifs is 1. The van der Waals surface area contributed by atoms with Gasteiger partial charge in [0.2, 0.25) is 5.91 Å². The Labute approximate surface area is 137 Å². The monoisotopic (exact) mass is 314 g/mol. The van der Waals surface area contributed by atoms with Crippen LogP contribution < -0.4 is 0 Å². The summed E-state index contributed by atoms with van der Waals surface area (Å²) in [5.74, 6) is 0.613. The van der Waals surface area contributed by atoms with E-state index in [0.717, 1.165) is 31.2 Å². The van der Waals surface area contributed by atoms with Crippen LogP contribution in [0.25, 0.3) is 10.9 Å². The zero-order valence-electron chi connectivity index (χ0n) is 14.0. The molecule has 124 valence electrons. The summed E-state index contributed by atoms with van der Waals surface area (Å²) in [7, 11) is 3.95. The smallest absolute Gasteiger partial charge is 0.227 e. The number of amides is 1. The Hall–Kier alpha value is -1.81. The largest absolute Gasteiger partial charge is 0.396 e. The fraction of sp³-hybridized carbons (Fsp3) is 0.526. The highest BCUT2D eigenvalue weighted by Crippen LogP contribution is 2.27. The number of aromatic nitrogens is 1. The van der Waals surface area contributed by atoms with E-state index in [1.54, 1.807) is 0 Å². The number of likely N-dealkylation sites (N-methyl/N-ethyl adjacent to an activating group) is 1. The van der Waals surface area contributed by atoms with Gasteiger partial charge in [-0.2, -0.15) is 0 Å². The zero-order valence-corrected chi connectivity index (χ0v) is 14.0. The normalized spacial score (nSPS) is 21.5. The van der Waals surface area contributed by atoms with E-state index in [-0.39, 0.29) is 12.5 Å². The number of hydrogen-bond acceptors (Lipinski definition) is 2. The first-order chi connectivity index (χ1) is 11.1. The first-order valence-corrected chi connectivity index (χ1v) is 8.49. The van der Waals surface area contributed by atoms with Gasteiger partial charge in [0, 0.05) is 43.8 Å². The van der Waals surface area contributed by atoms with Crippen molar-refractivity contribution < 1.29 is 9.90 Å². The Morgan fingerprint density at radius 1 is 1.26 bits per heavy atom. The Morgan fingerprint density at radius 3 is 2.65 bits per heavy atom. The molecule has 0 aliphatic heterocycles. The summed E-state index contributed by atoms with van der Waals surface area (Å²) in [6.07, 6.45) is 6.57. The molecule has 0 spiro atoms. The van der Waals surface area contributed by atoms with Crippen LogP contribution in [0.15, 0.2) is 30.5 Å². The predicted octanol–water partition coefficient (Wildman–Crippen LogP) is 2.73. The van der Waals surface area contributed by atoms with Crippen LogP contribution in [-0.2, 0) is 18.3 Å². The summed E-state index contributed by atoms with van der Waals surface area (Å²) in [5.41, 5.74) is 2.27. The van der Waals surface area contributed by atoms with Gasteiger partial charge in [-0.05, 0) is 43.2 Å². The lowest BCUT2D eigenvalue weighted by molar-refractivity contribution is -0.132. The molecule has 0 radical (unpaired) electrons. The van der Waals surface area contributed by atoms with Gasteiger partial charge in [0.05, 0.1) is 6.42 Å². The fourth-order valence-electron chi connectivity index (χ4n) is 3.77. The Morgan fingerprint density at radius 2 is 1.96 bits per heavy atom. The first kappa shape index (κ1) is 16.1. The number of carbonyl (C=O) groups excluding carboxylic acids is 1. The molecular formula is C19H26N2O2. The summed E-state index contributed by atoms with van der Waals surface area (Å²) in [4.78, 5) is 14.6. The lowest BCUT2D eigenvalue weighted by Gasteiger charge is -2.34. The number of benzene rings is 1. The van der Waals surface area contributed by atoms with Crippen molar-refractivity contribution in [3.8, 4) is 0 Å². The number of aryl methyl sites for hydroxylation is 1. The molecule has 4 heteroatoms. The molecule has 0 atom stereocenters. The molecule has 1 aromatic carbocycles. The second kappa shape index (κ2) is 6.75. The van der Waals surface area contributed by atoms with Crippen LogP contribution in [0.5, 0.6) is 0 Å². The Bertz CT molecular complexity index is 684. The highest BCUT2D eigenvalue weighted by atomic mass is 16.3. The van der Waals surface area contributed by atoms with Crippen LogP contribution >= 0.6 is 0 Å². The molecule has 1 heterocycles. The first-order valence-electron chi connectivity index (χ1n) is 8.49. The van der Waals surface area contributed by atoms with Gasteiger partial charge in [-0.25, -0.2) is 0 Å². The molecule has 1 saturated carbocycles. The Balaban J connectivity index is 1.68. The van der Waals surface area contributed by atoms with Crippen molar-refractivity contribution in [2.45, 2.75) is 38.1 Å². The third-order valence-electron chi connectivity index (χ3n) is 5.34. The molecule has 0 saturated heterocycles. The number of nitrogens with zero attached hydrogens (tertiary/aromatic N) is 2. The van der Waals surface area contributed by atoms with Crippen LogP contribution in [0.3, 0.4) is 0 Å². The number of hydrogen-bond donors (Lipinski definition) is 1. The summed E-state index contributed by atoms with van der Waals surface area (Å²) in [5, 5.41) is 10.4. The van der Waals surface area contributed by atoms with E-state index in [1.165, 1.54) is 10.9 Å². The molecule has 4 nitrogen and oxygen atoms in total. The third-order valence-corrected chi connectivity index (χ3v) is 5.34. The number of rotatable bonds is 4. The van der Waals surface area contributed by atoms with Gasteiger partial charge in [-0.1, -0.05) is 18.2 Å². The van der Waals surface area contributed by atoms with Crippen LogP contribution in [0.2, 0.25) is 0 Å². The maximum Gasteiger partial charge on any atom is 0.227 e. The van der Waals surface area contributed by atoms with Crippen molar-refractivity contribution in [2.24, 2.45) is 13.0 Å². The van der Waals surface area contributed by atoms with Crippen molar-refractivity contribution in [2.75, 3.05) is 13.7 Å². The molecule has 0 unspecified atom stereocenters. The second-order valence-electron chi connectivity index (χ2n) is 6.82. The molecular weight excluding hydrogens is 288 g/mol. The van der Waals surface area contributed by atoms with Crippen molar-refractivity contribution in [3.63, 3.8) is 0 Å². The molecule has 0 bridgehead atoms. The maximum atomic E-state index is 12.7. The topological polar surface area (TPSA) is 45.5 Å². The Kier molecular flexibility index (Phi) is 4.71. The lowest BCUT2D eigenvalue weighted by atomic mass is 9.86. The summed E-state index contributed by atoms with van der Waals surface area (Å²) in [6.45, 7) is 0.278. The van der Waals surface area contributed by atoms with Gasteiger partial charge in [-0.3, -0.25) is 4.79 Å².